The van der Waals surface area contributed by atoms with Crippen LogP contribution in [0.1, 0.15) is 11.6 Å². The summed E-state index contributed by atoms with van der Waals surface area (Å²) in [5.41, 5.74) is -0.145. The van der Waals surface area contributed by atoms with Crippen molar-refractivity contribution >= 4 is 5.97 Å². The van der Waals surface area contributed by atoms with Crippen LogP contribution in [0.3, 0.4) is 0 Å². The van der Waals surface area contributed by atoms with Crippen molar-refractivity contribution in [3.63, 3.8) is 0 Å². The second-order valence-corrected chi connectivity index (χ2v) is 3.50. The van der Waals surface area contributed by atoms with E-state index in [-0.39, 0.29) is 5.56 Å². The lowest BCUT2D eigenvalue weighted by Gasteiger charge is -2.20. The number of carboxylic acids is 1. The van der Waals surface area contributed by atoms with Gasteiger partial charge in [0.2, 0.25) is 0 Å². The molecule has 3 nitrogen and oxygen atoms in total. The van der Waals surface area contributed by atoms with Crippen molar-refractivity contribution < 1.29 is 23.1 Å². The summed E-state index contributed by atoms with van der Waals surface area (Å²) in [5.74, 6) is -5.67. The highest BCUT2D eigenvalue weighted by Gasteiger charge is 2.24. The van der Waals surface area contributed by atoms with Crippen molar-refractivity contribution in [1.29, 1.82) is 0 Å². The third kappa shape index (κ3) is 2.33. The molecule has 0 saturated heterocycles. The normalized spacial score (nSPS) is 12.9. The first-order chi connectivity index (χ1) is 7.34. The zero-order valence-corrected chi connectivity index (χ0v) is 8.67. The van der Waals surface area contributed by atoms with Gasteiger partial charge in [0.15, 0.2) is 17.5 Å². The summed E-state index contributed by atoms with van der Waals surface area (Å²) in [6.45, 7) is 0. The summed E-state index contributed by atoms with van der Waals surface area (Å²) in [4.78, 5) is 12.1. The number of carbonyl (C=O) groups is 1. The lowest BCUT2D eigenvalue weighted by Crippen LogP contribution is -2.27. The Bertz CT molecular complexity index is 398. The fourth-order valence-electron chi connectivity index (χ4n) is 1.39. The zero-order valence-electron chi connectivity index (χ0n) is 8.67. The number of rotatable bonds is 3. The zero-order chi connectivity index (χ0) is 12.5. The smallest absolute Gasteiger partial charge is 0.325 e. The Morgan fingerprint density at radius 3 is 2.00 bits per heavy atom. The molecule has 0 amide bonds. The molecule has 1 aromatic carbocycles. The Morgan fingerprint density at radius 2 is 1.69 bits per heavy atom. The van der Waals surface area contributed by atoms with Gasteiger partial charge in [-0.05, 0) is 31.8 Å². The van der Waals surface area contributed by atoms with Crippen molar-refractivity contribution in [2.75, 3.05) is 14.1 Å². The van der Waals surface area contributed by atoms with Gasteiger partial charge in [-0.15, -0.1) is 0 Å². The molecule has 1 atom stereocenters. The fraction of sp³-hybridized carbons (Fsp3) is 0.300. The molecule has 88 valence electrons. The molecule has 0 aliphatic rings. The minimum Gasteiger partial charge on any atom is -0.480 e. The van der Waals surface area contributed by atoms with Crippen LogP contribution in [0.5, 0.6) is 0 Å². The molecule has 16 heavy (non-hydrogen) atoms. The molecule has 0 spiro atoms. The van der Waals surface area contributed by atoms with Gasteiger partial charge in [-0.25, -0.2) is 13.2 Å². The highest BCUT2D eigenvalue weighted by molar-refractivity contribution is 5.75. The topological polar surface area (TPSA) is 40.5 Å². The van der Waals surface area contributed by atoms with Crippen molar-refractivity contribution in [1.82, 2.24) is 4.90 Å². The molecule has 1 aromatic rings. The maximum absolute atomic E-state index is 12.9. The standard InChI is InChI=1S/C10H10F3NO2/c1-14(2)9(10(15)16)5-3-6(11)8(13)7(12)4-5/h3-4,9H,1-2H3,(H,15,16). The number of aliphatic carboxylic acids is 1. The van der Waals surface area contributed by atoms with E-state index in [1.54, 1.807) is 0 Å². The van der Waals surface area contributed by atoms with E-state index in [2.05, 4.69) is 0 Å². The van der Waals surface area contributed by atoms with Crippen LogP contribution >= 0.6 is 0 Å². The van der Waals surface area contributed by atoms with E-state index in [1.807, 2.05) is 0 Å². The maximum Gasteiger partial charge on any atom is 0.325 e. The number of hydrogen-bond acceptors (Lipinski definition) is 2. The second kappa shape index (κ2) is 4.52. The van der Waals surface area contributed by atoms with Crippen LogP contribution in [-0.2, 0) is 4.79 Å². The van der Waals surface area contributed by atoms with E-state index in [9.17, 15) is 18.0 Å². The lowest BCUT2D eigenvalue weighted by molar-refractivity contribution is -0.142. The van der Waals surface area contributed by atoms with E-state index in [0.717, 1.165) is 0 Å². The molecule has 1 rings (SSSR count). The van der Waals surface area contributed by atoms with Crippen LogP contribution in [0.25, 0.3) is 0 Å². The summed E-state index contributed by atoms with van der Waals surface area (Å²) in [7, 11) is 2.88. The SMILES string of the molecule is CN(C)C(C(=O)O)c1cc(F)c(F)c(F)c1. The van der Waals surface area contributed by atoms with E-state index in [0.29, 0.717) is 12.1 Å². The maximum atomic E-state index is 12.9. The summed E-state index contributed by atoms with van der Waals surface area (Å²) in [6, 6.07) is 0.138. The Labute approximate surface area is 90.1 Å². The molecule has 1 N–H and O–H groups in total. The van der Waals surface area contributed by atoms with E-state index >= 15 is 0 Å². The quantitative estimate of drug-likeness (QED) is 0.809. The average molecular weight is 233 g/mol. The third-order valence-corrected chi connectivity index (χ3v) is 2.07. The van der Waals surface area contributed by atoms with Crippen molar-refractivity contribution in [3.05, 3.63) is 35.1 Å². The first-order valence-electron chi connectivity index (χ1n) is 4.38. The molecular formula is C10H10F3NO2. The average Bonchev–Trinajstić information content (AvgIpc) is 2.12. The predicted molar refractivity (Wildman–Crippen MR) is 50.4 cm³/mol. The molecule has 0 saturated carbocycles. The number of carboxylic acid groups (broad SMARTS) is 1. The minimum atomic E-state index is -1.60. The molecule has 0 aromatic heterocycles. The molecule has 0 aliphatic carbocycles. The van der Waals surface area contributed by atoms with Crippen LogP contribution in [0.4, 0.5) is 13.2 Å². The third-order valence-electron chi connectivity index (χ3n) is 2.07. The minimum absolute atomic E-state index is 0.145. The van der Waals surface area contributed by atoms with Crippen molar-refractivity contribution in [2.45, 2.75) is 6.04 Å². The summed E-state index contributed by atoms with van der Waals surface area (Å²) >= 11 is 0. The van der Waals surface area contributed by atoms with Gasteiger partial charge >= 0.3 is 5.97 Å². The number of likely N-dealkylation sites (N-methyl/N-ethyl adjacent to an activating group) is 1. The molecule has 0 heterocycles. The first kappa shape index (κ1) is 12.5. The van der Waals surface area contributed by atoms with Gasteiger partial charge in [0.1, 0.15) is 6.04 Å². The number of benzene rings is 1. The Hall–Kier alpha value is -1.56. The summed E-state index contributed by atoms with van der Waals surface area (Å²) in [6.07, 6.45) is 0. The van der Waals surface area contributed by atoms with E-state index < -0.39 is 29.5 Å². The molecule has 1 unspecified atom stereocenters. The number of nitrogens with zero attached hydrogens (tertiary/aromatic N) is 1. The predicted octanol–water partition coefficient (Wildman–Crippen LogP) is 1.79. The van der Waals surface area contributed by atoms with Crippen LogP contribution in [0.2, 0.25) is 0 Å². The van der Waals surface area contributed by atoms with E-state index in [4.69, 9.17) is 5.11 Å². The monoisotopic (exact) mass is 233 g/mol. The van der Waals surface area contributed by atoms with Gasteiger partial charge in [0, 0.05) is 0 Å². The molecule has 6 heteroatoms. The largest absolute Gasteiger partial charge is 0.480 e. The van der Waals surface area contributed by atoms with Gasteiger partial charge in [-0.3, -0.25) is 9.69 Å². The number of hydrogen-bond donors (Lipinski definition) is 1. The molecule has 0 radical (unpaired) electrons. The highest BCUT2D eigenvalue weighted by Crippen LogP contribution is 2.22. The van der Waals surface area contributed by atoms with Crippen LogP contribution in [-0.4, -0.2) is 30.1 Å². The van der Waals surface area contributed by atoms with Gasteiger partial charge in [-0.1, -0.05) is 0 Å². The fourth-order valence-corrected chi connectivity index (χ4v) is 1.39. The van der Waals surface area contributed by atoms with Crippen molar-refractivity contribution in [2.24, 2.45) is 0 Å². The van der Waals surface area contributed by atoms with E-state index in [1.165, 1.54) is 19.0 Å². The lowest BCUT2D eigenvalue weighted by atomic mass is 10.1. The van der Waals surface area contributed by atoms with Crippen molar-refractivity contribution in [3.8, 4) is 0 Å². The Morgan fingerprint density at radius 1 is 1.25 bits per heavy atom. The second-order valence-electron chi connectivity index (χ2n) is 3.50. The van der Waals surface area contributed by atoms with Crippen LogP contribution < -0.4 is 0 Å². The molecular weight excluding hydrogens is 223 g/mol. The first-order valence-corrected chi connectivity index (χ1v) is 4.38. The summed E-state index contributed by atoms with van der Waals surface area (Å²) in [5, 5.41) is 8.87. The Kier molecular flexibility index (Phi) is 3.54. The molecule has 0 fully saturated rings. The highest BCUT2D eigenvalue weighted by atomic mass is 19.2. The van der Waals surface area contributed by atoms with Gasteiger partial charge in [0.05, 0.1) is 0 Å². The van der Waals surface area contributed by atoms with Gasteiger partial charge in [-0.2, -0.15) is 0 Å². The molecule has 0 bridgehead atoms. The van der Waals surface area contributed by atoms with Crippen LogP contribution in [0.15, 0.2) is 12.1 Å². The Balaban J connectivity index is 3.26. The number of halogens is 3. The molecule has 0 aliphatic heterocycles. The van der Waals surface area contributed by atoms with Gasteiger partial charge < -0.3 is 5.11 Å². The summed E-state index contributed by atoms with van der Waals surface area (Å²) < 4.78 is 38.5. The van der Waals surface area contributed by atoms with Gasteiger partial charge in [0.25, 0.3) is 0 Å². The van der Waals surface area contributed by atoms with Crippen LogP contribution in [0, 0.1) is 17.5 Å².